The van der Waals surface area contributed by atoms with E-state index in [1.165, 1.54) is 10.7 Å². The monoisotopic (exact) mass is 267 g/mol. The molecule has 0 radical (unpaired) electrons. The molecule has 0 unspecified atom stereocenters. The summed E-state index contributed by atoms with van der Waals surface area (Å²) in [6, 6.07) is 4.60. The molecule has 0 saturated heterocycles. The Morgan fingerprint density at radius 2 is 2.28 bits per heavy atom. The normalized spacial score (nSPS) is 10.8. The van der Waals surface area contributed by atoms with Crippen molar-refractivity contribution in [2.75, 3.05) is 6.54 Å². The minimum absolute atomic E-state index is 0.293. The van der Waals surface area contributed by atoms with Gasteiger partial charge in [-0.1, -0.05) is 24.6 Å². The molecule has 0 aliphatic rings. The van der Waals surface area contributed by atoms with Crippen LogP contribution in [0.25, 0.3) is 5.69 Å². The zero-order valence-electron chi connectivity index (χ0n) is 10.2. The Morgan fingerprint density at radius 3 is 3.00 bits per heavy atom. The number of benzene rings is 1. The Morgan fingerprint density at radius 1 is 1.44 bits per heavy atom. The number of hydrogen-bond acceptors (Lipinski definition) is 2. The number of aromatic nitrogens is 2. The highest BCUT2D eigenvalue weighted by Crippen LogP contribution is 2.22. The average Bonchev–Trinajstić information content (AvgIpc) is 2.78. The fourth-order valence-electron chi connectivity index (χ4n) is 1.69. The molecule has 96 valence electrons. The van der Waals surface area contributed by atoms with E-state index in [9.17, 15) is 4.39 Å². The van der Waals surface area contributed by atoms with Gasteiger partial charge in [-0.2, -0.15) is 5.10 Å². The third kappa shape index (κ3) is 2.89. The summed E-state index contributed by atoms with van der Waals surface area (Å²) in [5, 5.41) is 7.76. The number of hydrogen-bond donors (Lipinski definition) is 1. The van der Waals surface area contributed by atoms with E-state index < -0.39 is 0 Å². The first-order valence-corrected chi connectivity index (χ1v) is 6.29. The van der Waals surface area contributed by atoms with Crippen molar-refractivity contribution >= 4 is 11.6 Å². The van der Waals surface area contributed by atoms with Gasteiger partial charge in [-0.25, -0.2) is 9.07 Å². The predicted octanol–water partition coefficient (Wildman–Crippen LogP) is 3.16. The topological polar surface area (TPSA) is 29.9 Å². The van der Waals surface area contributed by atoms with Crippen molar-refractivity contribution in [2.24, 2.45) is 0 Å². The molecule has 0 bridgehead atoms. The first kappa shape index (κ1) is 13.1. The van der Waals surface area contributed by atoms with Crippen LogP contribution in [0.3, 0.4) is 0 Å². The molecule has 2 aromatic rings. The van der Waals surface area contributed by atoms with Gasteiger partial charge in [0.2, 0.25) is 0 Å². The molecule has 0 aliphatic carbocycles. The first-order valence-electron chi connectivity index (χ1n) is 5.91. The lowest BCUT2D eigenvalue weighted by Crippen LogP contribution is -2.13. The Kier molecular flexibility index (Phi) is 4.33. The molecule has 18 heavy (non-hydrogen) atoms. The Balaban J connectivity index is 2.19. The first-order chi connectivity index (χ1) is 8.72. The van der Waals surface area contributed by atoms with Crippen molar-refractivity contribution in [1.82, 2.24) is 15.1 Å². The fraction of sp³-hybridized carbons (Fsp3) is 0.308. The summed E-state index contributed by atoms with van der Waals surface area (Å²) in [5.41, 5.74) is 1.30. The van der Waals surface area contributed by atoms with E-state index >= 15 is 0 Å². The molecule has 0 spiro atoms. The van der Waals surface area contributed by atoms with E-state index in [0.717, 1.165) is 25.1 Å². The van der Waals surface area contributed by atoms with Gasteiger partial charge in [0.1, 0.15) is 11.5 Å². The van der Waals surface area contributed by atoms with Crippen LogP contribution in [-0.2, 0) is 6.54 Å². The molecule has 0 saturated carbocycles. The molecule has 0 atom stereocenters. The standard InChI is InChI=1S/C13H15ClFN3/c1-2-6-16-7-10-8-17-18(9-10)13-11(14)4-3-5-12(13)15/h3-5,8-9,16H,2,6-7H2,1H3. The summed E-state index contributed by atoms with van der Waals surface area (Å²) in [7, 11) is 0. The third-order valence-corrected chi connectivity index (χ3v) is 2.86. The van der Waals surface area contributed by atoms with Gasteiger partial charge < -0.3 is 5.32 Å². The molecule has 1 aromatic carbocycles. The zero-order valence-corrected chi connectivity index (χ0v) is 10.9. The number of nitrogens with one attached hydrogen (secondary N) is 1. The summed E-state index contributed by atoms with van der Waals surface area (Å²) < 4.78 is 15.2. The largest absolute Gasteiger partial charge is 0.313 e. The number of halogens is 2. The quantitative estimate of drug-likeness (QED) is 0.844. The predicted molar refractivity (Wildman–Crippen MR) is 70.5 cm³/mol. The minimum atomic E-state index is -0.376. The van der Waals surface area contributed by atoms with E-state index in [4.69, 9.17) is 11.6 Å². The second kappa shape index (κ2) is 5.98. The highest BCUT2D eigenvalue weighted by Gasteiger charge is 2.10. The number of para-hydroxylation sites is 1. The lowest BCUT2D eigenvalue weighted by molar-refractivity contribution is 0.611. The van der Waals surface area contributed by atoms with Crippen LogP contribution in [0.2, 0.25) is 5.02 Å². The summed E-state index contributed by atoms with van der Waals surface area (Å²) in [6.45, 7) is 3.78. The molecule has 1 N–H and O–H groups in total. The Bertz CT molecular complexity index is 504. The highest BCUT2D eigenvalue weighted by atomic mass is 35.5. The highest BCUT2D eigenvalue weighted by molar-refractivity contribution is 6.32. The van der Waals surface area contributed by atoms with E-state index in [2.05, 4.69) is 17.3 Å². The maximum Gasteiger partial charge on any atom is 0.150 e. The summed E-state index contributed by atoms with van der Waals surface area (Å²) >= 11 is 5.98. The van der Waals surface area contributed by atoms with Crippen molar-refractivity contribution in [1.29, 1.82) is 0 Å². The zero-order chi connectivity index (χ0) is 13.0. The van der Waals surface area contributed by atoms with E-state index in [-0.39, 0.29) is 5.82 Å². The van der Waals surface area contributed by atoms with Gasteiger partial charge in [0.25, 0.3) is 0 Å². The van der Waals surface area contributed by atoms with Gasteiger partial charge >= 0.3 is 0 Å². The molecular weight excluding hydrogens is 253 g/mol. The van der Waals surface area contributed by atoms with Crippen LogP contribution >= 0.6 is 11.6 Å². The molecule has 0 amide bonds. The Hall–Kier alpha value is -1.39. The van der Waals surface area contributed by atoms with Crippen LogP contribution in [-0.4, -0.2) is 16.3 Å². The molecule has 1 aromatic heterocycles. The van der Waals surface area contributed by atoms with Gasteiger partial charge in [0, 0.05) is 18.3 Å². The van der Waals surface area contributed by atoms with E-state index in [1.807, 2.05) is 0 Å². The SMILES string of the molecule is CCCNCc1cnn(-c2c(F)cccc2Cl)c1. The van der Waals surface area contributed by atoms with Crippen molar-refractivity contribution in [3.05, 3.63) is 47.0 Å². The van der Waals surface area contributed by atoms with E-state index in [0.29, 0.717) is 10.7 Å². The second-order valence-corrected chi connectivity index (χ2v) is 4.45. The molecule has 0 aliphatic heterocycles. The van der Waals surface area contributed by atoms with Gasteiger partial charge in [0.05, 0.1) is 11.2 Å². The smallest absolute Gasteiger partial charge is 0.150 e. The maximum atomic E-state index is 13.7. The Labute approximate surface area is 111 Å². The van der Waals surface area contributed by atoms with Gasteiger partial charge in [-0.3, -0.25) is 0 Å². The minimum Gasteiger partial charge on any atom is -0.313 e. The van der Waals surface area contributed by atoms with Crippen LogP contribution in [0.1, 0.15) is 18.9 Å². The van der Waals surface area contributed by atoms with Crippen LogP contribution in [0.15, 0.2) is 30.6 Å². The second-order valence-electron chi connectivity index (χ2n) is 4.04. The molecule has 0 fully saturated rings. The lowest BCUT2D eigenvalue weighted by Gasteiger charge is -2.05. The molecule has 5 heteroatoms. The van der Waals surface area contributed by atoms with Crippen molar-refractivity contribution < 1.29 is 4.39 Å². The molecule has 3 nitrogen and oxygen atoms in total. The van der Waals surface area contributed by atoms with Crippen molar-refractivity contribution in [3.8, 4) is 5.69 Å². The maximum absolute atomic E-state index is 13.7. The number of rotatable bonds is 5. The van der Waals surface area contributed by atoms with Crippen molar-refractivity contribution in [2.45, 2.75) is 19.9 Å². The van der Waals surface area contributed by atoms with Crippen LogP contribution in [0.5, 0.6) is 0 Å². The van der Waals surface area contributed by atoms with Crippen LogP contribution in [0.4, 0.5) is 4.39 Å². The van der Waals surface area contributed by atoms with E-state index in [1.54, 1.807) is 24.5 Å². The lowest BCUT2D eigenvalue weighted by atomic mass is 10.3. The van der Waals surface area contributed by atoms with Gasteiger partial charge in [-0.15, -0.1) is 0 Å². The van der Waals surface area contributed by atoms with Crippen molar-refractivity contribution in [3.63, 3.8) is 0 Å². The summed E-state index contributed by atoms with van der Waals surface area (Å²) in [4.78, 5) is 0. The molecular formula is C13H15ClFN3. The summed E-state index contributed by atoms with van der Waals surface area (Å²) in [6.07, 6.45) is 4.58. The van der Waals surface area contributed by atoms with Crippen LogP contribution < -0.4 is 5.32 Å². The fourth-order valence-corrected chi connectivity index (χ4v) is 1.94. The van der Waals surface area contributed by atoms with Gasteiger partial charge in [0.15, 0.2) is 0 Å². The number of nitrogens with zero attached hydrogens (tertiary/aromatic N) is 2. The van der Waals surface area contributed by atoms with Gasteiger partial charge in [-0.05, 0) is 25.1 Å². The summed E-state index contributed by atoms with van der Waals surface area (Å²) in [5.74, 6) is -0.376. The third-order valence-electron chi connectivity index (χ3n) is 2.56. The molecule has 1 heterocycles. The van der Waals surface area contributed by atoms with Crippen LogP contribution in [0, 0.1) is 5.82 Å². The average molecular weight is 268 g/mol. The molecule has 2 rings (SSSR count).